The first kappa shape index (κ1) is 19.5. The Labute approximate surface area is 165 Å². The van der Waals surface area contributed by atoms with Gasteiger partial charge in [-0.1, -0.05) is 72.8 Å². The first-order chi connectivity index (χ1) is 13.7. The average molecular weight is 376 g/mol. The molecule has 0 aliphatic heterocycles. The summed E-state index contributed by atoms with van der Waals surface area (Å²) >= 11 is 0. The van der Waals surface area contributed by atoms with E-state index in [-0.39, 0.29) is 6.42 Å². The van der Waals surface area contributed by atoms with E-state index in [0.29, 0.717) is 37.6 Å². The van der Waals surface area contributed by atoms with Crippen molar-refractivity contribution in [3.05, 3.63) is 95.6 Å². The maximum Gasteiger partial charge on any atom is 0.303 e. The van der Waals surface area contributed by atoms with Crippen LogP contribution in [0.4, 0.5) is 0 Å². The van der Waals surface area contributed by atoms with E-state index in [0.717, 1.165) is 16.7 Å². The van der Waals surface area contributed by atoms with Gasteiger partial charge in [-0.25, -0.2) is 0 Å². The first-order valence-corrected chi connectivity index (χ1v) is 9.39. The molecule has 144 valence electrons. The minimum Gasteiger partial charge on any atom is -0.485 e. The molecule has 0 radical (unpaired) electrons. The molecule has 28 heavy (non-hydrogen) atoms. The summed E-state index contributed by atoms with van der Waals surface area (Å²) in [7, 11) is 0. The van der Waals surface area contributed by atoms with Crippen molar-refractivity contribution in [3.8, 4) is 11.5 Å². The van der Waals surface area contributed by atoms with Crippen molar-refractivity contribution in [3.63, 3.8) is 0 Å². The SMILES string of the molecule is O=C(O)CCCc1cccc(OCc2ccccc2)c1OCc1ccccc1. The summed E-state index contributed by atoms with van der Waals surface area (Å²) in [6.07, 6.45) is 1.31. The molecular weight excluding hydrogens is 352 g/mol. The Bertz CT molecular complexity index is 876. The number of hydrogen-bond acceptors (Lipinski definition) is 3. The normalized spacial score (nSPS) is 10.4. The van der Waals surface area contributed by atoms with Crippen molar-refractivity contribution in [2.75, 3.05) is 0 Å². The topological polar surface area (TPSA) is 55.8 Å². The van der Waals surface area contributed by atoms with Gasteiger partial charge in [0.15, 0.2) is 11.5 Å². The van der Waals surface area contributed by atoms with E-state index < -0.39 is 5.97 Å². The fourth-order valence-electron chi connectivity index (χ4n) is 2.93. The van der Waals surface area contributed by atoms with Crippen molar-refractivity contribution in [2.24, 2.45) is 0 Å². The van der Waals surface area contributed by atoms with E-state index in [4.69, 9.17) is 14.6 Å². The lowest BCUT2D eigenvalue weighted by molar-refractivity contribution is -0.137. The minimum absolute atomic E-state index is 0.132. The molecule has 0 fully saturated rings. The van der Waals surface area contributed by atoms with Crippen molar-refractivity contribution in [2.45, 2.75) is 32.5 Å². The Hall–Kier alpha value is -3.27. The van der Waals surface area contributed by atoms with Gasteiger partial charge in [-0.15, -0.1) is 0 Å². The van der Waals surface area contributed by atoms with E-state index in [2.05, 4.69) is 0 Å². The van der Waals surface area contributed by atoms with Crippen LogP contribution in [0.5, 0.6) is 11.5 Å². The molecular formula is C24H24O4. The molecule has 1 N–H and O–H groups in total. The highest BCUT2D eigenvalue weighted by atomic mass is 16.5. The molecule has 4 heteroatoms. The van der Waals surface area contributed by atoms with Gasteiger partial charge in [0.2, 0.25) is 0 Å². The van der Waals surface area contributed by atoms with Gasteiger partial charge in [-0.2, -0.15) is 0 Å². The molecule has 0 bridgehead atoms. The number of para-hydroxylation sites is 1. The Morgan fingerprint density at radius 2 is 1.36 bits per heavy atom. The lowest BCUT2D eigenvalue weighted by atomic mass is 10.1. The predicted octanol–water partition coefficient (Wildman–Crippen LogP) is 5.25. The third-order valence-corrected chi connectivity index (χ3v) is 4.36. The van der Waals surface area contributed by atoms with Crippen LogP contribution in [0.3, 0.4) is 0 Å². The second-order valence-electron chi connectivity index (χ2n) is 6.54. The fraction of sp³-hybridized carbons (Fsp3) is 0.208. The molecule has 0 heterocycles. The van der Waals surface area contributed by atoms with Gasteiger partial charge in [0.25, 0.3) is 0 Å². The standard InChI is InChI=1S/C24H24O4/c25-23(26)16-8-14-21-13-7-15-22(27-17-19-9-3-1-4-10-19)24(21)28-18-20-11-5-2-6-12-20/h1-7,9-13,15H,8,14,16-18H2,(H,25,26). The van der Waals surface area contributed by atoms with Crippen molar-refractivity contribution < 1.29 is 19.4 Å². The zero-order chi connectivity index (χ0) is 19.6. The molecule has 0 aliphatic rings. The summed E-state index contributed by atoms with van der Waals surface area (Å²) in [6, 6.07) is 25.7. The molecule has 3 rings (SSSR count). The van der Waals surface area contributed by atoms with Crippen molar-refractivity contribution in [1.82, 2.24) is 0 Å². The van der Waals surface area contributed by atoms with Crippen LogP contribution in [0.2, 0.25) is 0 Å². The Balaban J connectivity index is 1.76. The number of aliphatic carboxylic acids is 1. The van der Waals surface area contributed by atoms with Crippen LogP contribution in [-0.2, 0) is 24.4 Å². The fourth-order valence-corrected chi connectivity index (χ4v) is 2.93. The molecule has 0 saturated heterocycles. The van der Waals surface area contributed by atoms with Gasteiger partial charge in [0.1, 0.15) is 13.2 Å². The molecule has 0 saturated carbocycles. The summed E-state index contributed by atoms with van der Waals surface area (Å²) < 4.78 is 12.2. The molecule has 0 unspecified atom stereocenters. The predicted molar refractivity (Wildman–Crippen MR) is 109 cm³/mol. The van der Waals surface area contributed by atoms with Crippen LogP contribution in [0.25, 0.3) is 0 Å². The van der Waals surface area contributed by atoms with Gasteiger partial charge < -0.3 is 14.6 Å². The second-order valence-corrected chi connectivity index (χ2v) is 6.54. The van der Waals surface area contributed by atoms with Crippen molar-refractivity contribution in [1.29, 1.82) is 0 Å². The third-order valence-electron chi connectivity index (χ3n) is 4.36. The lowest BCUT2D eigenvalue weighted by Gasteiger charge is -2.17. The molecule has 4 nitrogen and oxygen atoms in total. The summed E-state index contributed by atoms with van der Waals surface area (Å²) in [6.45, 7) is 0.875. The quantitative estimate of drug-likeness (QED) is 0.525. The van der Waals surface area contributed by atoms with Crippen LogP contribution in [0.1, 0.15) is 29.5 Å². The Morgan fingerprint density at radius 1 is 0.750 bits per heavy atom. The van der Waals surface area contributed by atoms with E-state index in [1.165, 1.54) is 0 Å². The number of carbonyl (C=O) groups is 1. The van der Waals surface area contributed by atoms with E-state index in [9.17, 15) is 4.79 Å². The highest BCUT2D eigenvalue weighted by Crippen LogP contribution is 2.33. The highest BCUT2D eigenvalue weighted by molar-refractivity contribution is 5.66. The molecule has 3 aromatic carbocycles. The number of carboxylic acid groups (broad SMARTS) is 1. The number of hydrogen-bond donors (Lipinski definition) is 1. The van der Waals surface area contributed by atoms with Gasteiger partial charge >= 0.3 is 5.97 Å². The molecule has 0 amide bonds. The largest absolute Gasteiger partial charge is 0.485 e. The smallest absolute Gasteiger partial charge is 0.303 e. The van der Waals surface area contributed by atoms with Gasteiger partial charge in [-0.05, 0) is 35.6 Å². The molecule has 3 aromatic rings. The van der Waals surface area contributed by atoms with Crippen LogP contribution >= 0.6 is 0 Å². The number of carboxylic acids is 1. The summed E-state index contributed by atoms with van der Waals surface area (Å²) in [5.41, 5.74) is 3.10. The molecule has 0 aliphatic carbocycles. The van der Waals surface area contributed by atoms with Gasteiger partial charge in [-0.3, -0.25) is 4.79 Å². The molecule has 0 aromatic heterocycles. The van der Waals surface area contributed by atoms with E-state index >= 15 is 0 Å². The maximum atomic E-state index is 10.9. The molecule has 0 spiro atoms. The Kier molecular flexibility index (Phi) is 7.08. The maximum absolute atomic E-state index is 10.9. The van der Waals surface area contributed by atoms with Gasteiger partial charge in [0, 0.05) is 6.42 Å². The van der Waals surface area contributed by atoms with Crippen molar-refractivity contribution >= 4 is 5.97 Å². The zero-order valence-corrected chi connectivity index (χ0v) is 15.7. The van der Waals surface area contributed by atoms with E-state index in [1.807, 2.05) is 78.9 Å². The summed E-state index contributed by atoms with van der Waals surface area (Å²) in [4.78, 5) is 10.9. The van der Waals surface area contributed by atoms with E-state index in [1.54, 1.807) is 0 Å². The second kappa shape index (κ2) is 10.2. The zero-order valence-electron chi connectivity index (χ0n) is 15.7. The van der Waals surface area contributed by atoms with Gasteiger partial charge in [0.05, 0.1) is 0 Å². The average Bonchev–Trinajstić information content (AvgIpc) is 2.72. The minimum atomic E-state index is -0.789. The Morgan fingerprint density at radius 3 is 1.96 bits per heavy atom. The number of benzene rings is 3. The van der Waals surface area contributed by atoms with Crippen LogP contribution in [0, 0.1) is 0 Å². The third kappa shape index (κ3) is 5.88. The molecule has 0 atom stereocenters. The van der Waals surface area contributed by atoms with Crippen LogP contribution < -0.4 is 9.47 Å². The van der Waals surface area contributed by atoms with Crippen LogP contribution in [-0.4, -0.2) is 11.1 Å². The number of rotatable bonds is 10. The monoisotopic (exact) mass is 376 g/mol. The summed E-state index contributed by atoms with van der Waals surface area (Å²) in [5, 5.41) is 8.92. The first-order valence-electron chi connectivity index (χ1n) is 9.39. The summed E-state index contributed by atoms with van der Waals surface area (Å²) in [5.74, 6) is 0.573. The lowest BCUT2D eigenvalue weighted by Crippen LogP contribution is -2.04. The highest BCUT2D eigenvalue weighted by Gasteiger charge is 2.13. The number of ether oxygens (including phenoxy) is 2. The number of aryl methyl sites for hydroxylation is 1. The van der Waals surface area contributed by atoms with Crippen LogP contribution in [0.15, 0.2) is 78.9 Å².